The number of carbonyl (C=O) groups excluding carboxylic acids is 2. The minimum Gasteiger partial charge on any atom is -0.497 e. The summed E-state index contributed by atoms with van der Waals surface area (Å²) in [7, 11) is 1.58. The van der Waals surface area contributed by atoms with Crippen molar-refractivity contribution >= 4 is 29.2 Å². The smallest absolute Gasteiger partial charge is 0.311 e. The molecule has 1 aliphatic rings. The monoisotopic (exact) mass is 345 g/mol. The quantitative estimate of drug-likeness (QED) is 0.676. The first-order chi connectivity index (χ1) is 11.6. The van der Waals surface area contributed by atoms with Crippen LogP contribution >= 0.6 is 11.6 Å². The molecule has 0 aromatic heterocycles. The Bertz CT molecular complexity index is 773. The number of amides is 1. The fourth-order valence-electron chi connectivity index (χ4n) is 2.75. The Hall–Kier alpha value is -2.53. The van der Waals surface area contributed by atoms with Crippen molar-refractivity contribution in [1.29, 1.82) is 0 Å². The van der Waals surface area contributed by atoms with Crippen LogP contribution in [0.3, 0.4) is 0 Å². The number of carbonyl (C=O) groups is 2. The number of rotatable bonds is 4. The molecule has 5 nitrogen and oxygen atoms in total. The molecule has 0 bridgehead atoms. The van der Waals surface area contributed by atoms with Crippen LogP contribution in [0.15, 0.2) is 42.5 Å². The molecule has 0 spiro atoms. The largest absolute Gasteiger partial charge is 0.497 e. The molecule has 0 saturated heterocycles. The summed E-state index contributed by atoms with van der Waals surface area (Å²) in [6, 6.07) is 12.2. The van der Waals surface area contributed by atoms with E-state index in [-0.39, 0.29) is 30.6 Å². The summed E-state index contributed by atoms with van der Waals surface area (Å²) in [6.45, 7) is 0. The number of fused-ring (bicyclic) bond motifs is 1. The first-order valence-corrected chi connectivity index (χ1v) is 7.87. The van der Waals surface area contributed by atoms with Crippen molar-refractivity contribution in [1.82, 2.24) is 0 Å². The summed E-state index contributed by atoms with van der Waals surface area (Å²) in [5.41, 5.74) is 1.38. The first kappa shape index (κ1) is 16.3. The Balaban J connectivity index is 1.73. The lowest BCUT2D eigenvalue weighted by Crippen LogP contribution is -2.24. The van der Waals surface area contributed by atoms with Crippen LogP contribution < -0.4 is 14.8 Å². The molecule has 3 rings (SSSR count). The van der Waals surface area contributed by atoms with Gasteiger partial charge in [-0.3, -0.25) is 9.59 Å². The molecule has 0 saturated carbocycles. The van der Waals surface area contributed by atoms with Gasteiger partial charge in [-0.15, -0.1) is 0 Å². The summed E-state index contributed by atoms with van der Waals surface area (Å²) < 4.78 is 10.3. The average molecular weight is 346 g/mol. The molecule has 2 aromatic rings. The van der Waals surface area contributed by atoms with Gasteiger partial charge in [0.05, 0.1) is 13.5 Å². The second-order valence-corrected chi connectivity index (χ2v) is 5.91. The van der Waals surface area contributed by atoms with Crippen LogP contribution in [0.25, 0.3) is 0 Å². The Morgan fingerprint density at radius 1 is 1.29 bits per heavy atom. The number of methoxy groups -OCH3 is 1. The molecule has 1 amide bonds. The second kappa shape index (κ2) is 6.93. The minimum absolute atomic E-state index is 0.132. The first-order valence-electron chi connectivity index (χ1n) is 7.50. The maximum Gasteiger partial charge on any atom is 0.311 e. The third-order valence-electron chi connectivity index (χ3n) is 3.86. The summed E-state index contributed by atoms with van der Waals surface area (Å²) in [5.74, 6) is 0.302. The van der Waals surface area contributed by atoms with E-state index in [4.69, 9.17) is 21.1 Å². The highest BCUT2D eigenvalue weighted by molar-refractivity contribution is 6.31. The number of hydrogen-bond acceptors (Lipinski definition) is 4. The topological polar surface area (TPSA) is 64.6 Å². The van der Waals surface area contributed by atoms with Gasteiger partial charge in [0.1, 0.15) is 11.5 Å². The highest BCUT2D eigenvalue weighted by atomic mass is 35.5. The van der Waals surface area contributed by atoms with Gasteiger partial charge in [-0.1, -0.05) is 17.7 Å². The average Bonchev–Trinajstić information content (AvgIpc) is 2.55. The molecule has 2 aromatic carbocycles. The van der Waals surface area contributed by atoms with Crippen LogP contribution in [0.5, 0.6) is 11.5 Å². The zero-order chi connectivity index (χ0) is 17.1. The van der Waals surface area contributed by atoms with E-state index in [1.165, 1.54) is 0 Å². The number of benzene rings is 2. The van der Waals surface area contributed by atoms with Crippen molar-refractivity contribution in [2.45, 2.75) is 18.8 Å². The molecule has 124 valence electrons. The van der Waals surface area contributed by atoms with Gasteiger partial charge in [-0.2, -0.15) is 0 Å². The van der Waals surface area contributed by atoms with Crippen LogP contribution in [-0.4, -0.2) is 19.0 Å². The Kier molecular flexibility index (Phi) is 4.71. The van der Waals surface area contributed by atoms with Gasteiger partial charge in [0.15, 0.2) is 0 Å². The van der Waals surface area contributed by atoms with E-state index in [1.54, 1.807) is 49.6 Å². The van der Waals surface area contributed by atoms with Crippen molar-refractivity contribution in [2.24, 2.45) is 0 Å². The van der Waals surface area contributed by atoms with Gasteiger partial charge in [-0.05, 0) is 36.4 Å². The summed E-state index contributed by atoms with van der Waals surface area (Å²) in [6.07, 6.45) is 0.282. The van der Waals surface area contributed by atoms with Crippen molar-refractivity contribution in [2.75, 3.05) is 12.4 Å². The number of halogens is 1. The summed E-state index contributed by atoms with van der Waals surface area (Å²) in [4.78, 5) is 24.1. The molecule has 1 heterocycles. The van der Waals surface area contributed by atoms with Gasteiger partial charge in [0, 0.05) is 28.6 Å². The van der Waals surface area contributed by atoms with E-state index in [2.05, 4.69) is 5.32 Å². The Morgan fingerprint density at radius 2 is 2.04 bits per heavy atom. The molecule has 1 unspecified atom stereocenters. The second-order valence-electron chi connectivity index (χ2n) is 5.51. The minimum atomic E-state index is -0.355. The number of esters is 1. The van der Waals surface area contributed by atoms with Gasteiger partial charge in [0.2, 0.25) is 5.91 Å². The van der Waals surface area contributed by atoms with Gasteiger partial charge >= 0.3 is 5.97 Å². The van der Waals surface area contributed by atoms with Crippen molar-refractivity contribution < 1.29 is 19.1 Å². The predicted octanol–water partition coefficient (Wildman–Crippen LogP) is 3.77. The number of nitrogens with one attached hydrogen (secondary N) is 1. The Labute approximate surface area is 144 Å². The fourth-order valence-corrected chi connectivity index (χ4v) is 3.07. The third-order valence-corrected chi connectivity index (χ3v) is 4.19. The lowest BCUT2D eigenvalue weighted by atomic mass is 9.89. The van der Waals surface area contributed by atoms with Gasteiger partial charge in [-0.25, -0.2) is 0 Å². The van der Waals surface area contributed by atoms with E-state index >= 15 is 0 Å². The standard InChI is InChI=1S/C18H16ClNO4/c1-23-13-7-5-12(6-8-13)20-16(21)9-11-10-17(22)24-15-4-2-3-14(19)18(11)15/h2-8,11H,9-10H2,1H3,(H,20,21). The lowest BCUT2D eigenvalue weighted by Gasteiger charge is -2.25. The molecule has 1 N–H and O–H groups in total. The molecule has 1 atom stereocenters. The normalized spacial score (nSPS) is 16.1. The molecule has 24 heavy (non-hydrogen) atoms. The van der Waals surface area contributed by atoms with E-state index in [9.17, 15) is 9.59 Å². The van der Waals surface area contributed by atoms with Crippen LogP contribution in [0, 0.1) is 0 Å². The third kappa shape index (κ3) is 3.51. The van der Waals surface area contributed by atoms with E-state index in [1.807, 2.05) is 0 Å². The maximum atomic E-state index is 12.3. The molecular formula is C18H16ClNO4. The highest BCUT2D eigenvalue weighted by Crippen LogP contribution is 2.40. The highest BCUT2D eigenvalue weighted by Gasteiger charge is 2.30. The molecular weight excluding hydrogens is 330 g/mol. The van der Waals surface area contributed by atoms with Crippen LogP contribution in [-0.2, 0) is 9.59 Å². The maximum absolute atomic E-state index is 12.3. The molecule has 6 heteroatoms. The number of anilines is 1. The zero-order valence-electron chi connectivity index (χ0n) is 13.0. The van der Waals surface area contributed by atoms with Gasteiger partial charge in [0.25, 0.3) is 0 Å². The summed E-state index contributed by atoms with van der Waals surface area (Å²) in [5, 5.41) is 3.32. The van der Waals surface area contributed by atoms with Gasteiger partial charge < -0.3 is 14.8 Å². The zero-order valence-corrected chi connectivity index (χ0v) is 13.8. The number of hydrogen-bond donors (Lipinski definition) is 1. The van der Waals surface area contributed by atoms with E-state index in [0.717, 1.165) is 0 Å². The van der Waals surface area contributed by atoms with Crippen LogP contribution in [0.2, 0.25) is 5.02 Å². The summed E-state index contributed by atoms with van der Waals surface area (Å²) >= 11 is 6.22. The van der Waals surface area contributed by atoms with Crippen molar-refractivity contribution in [3.8, 4) is 11.5 Å². The van der Waals surface area contributed by atoms with Crippen LogP contribution in [0.4, 0.5) is 5.69 Å². The number of ether oxygens (including phenoxy) is 2. The SMILES string of the molecule is COc1ccc(NC(=O)CC2CC(=O)Oc3cccc(Cl)c32)cc1. The predicted molar refractivity (Wildman–Crippen MR) is 90.7 cm³/mol. The molecule has 1 aliphatic heterocycles. The Morgan fingerprint density at radius 3 is 2.75 bits per heavy atom. The fraction of sp³-hybridized carbons (Fsp3) is 0.222. The van der Waals surface area contributed by atoms with Crippen molar-refractivity contribution in [3.05, 3.63) is 53.1 Å². The van der Waals surface area contributed by atoms with Crippen LogP contribution in [0.1, 0.15) is 24.3 Å². The van der Waals surface area contributed by atoms with E-state index in [0.29, 0.717) is 27.8 Å². The molecule has 0 radical (unpaired) electrons. The van der Waals surface area contributed by atoms with E-state index < -0.39 is 0 Å². The van der Waals surface area contributed by atoms with Crippen molar-refractivity contribution in [3.63, 3.8) is 0 Å². The lowest BCUT2D eigenvalue weighted by molar-refractivity contribution is -0.136. The molecule has 0 fully saturated rings. The molecule has 0 aliphatic carbocycles.